The second-order valence-electron chi connectivity index (χ2n) is 5.72. The van der Waals surface area contributed by atoms with E-state index in [0.29, 0.717) is 0 Å². The number of rotatable bonds is 8. The summed E-state index contributed by atoms with van der Waals surface area (Å²) in [4.78, 5) is 47.1. The lowest BCUT2D eigenvalue weighted by molar-refractivity contribution is -0.0326. The highest BCUT2D eigenvalue weighted by Crippen LogP contribution is 2.66. The zero-order valence-electron chi connectivity index (χ0n) is 14.8. The third-order valence-corrected chi connectivity index (χ3v) is 7.34. The van der Waals surface area contributed by atoms with Crippen molar-refractivity contribution in [3.63, 3.8) is 0 Å². The molecule has 0 bridgehead atoms. The summed E-state index contributed by atoms with van der Waals surface area (Å²) in [7, 11) is -16.7. The van der Waals surface area contributed by atoms with Crippen molar-refractivity contribution in [1.82, 2.24) is 19.5 Å². The minimum absolute atomic E-state index is 0.0265. The summed E-state index contributed by atoms with van der Waals surface area (Å²) >= 11 is 0. The number of aromatic nitrogens is 4. The molecule has 2 unspecified atom stereocenters. The van der Waals surface area contributed by atoms with E-state index in [2.05, 4.69) is 28.1 Å². The maximum Gasteiger partial charge on any atom is 0.490 e. The molecule has 0 saturated carbocycles. The van der Waals surface area contributed by atoms with Crippen molar-refractivity contribution in [3.8, 4) is 0 Å². The van der Waals surface area contributed by atoms with Crippen LogP contribution in [0.1, 0.15) is 6.23 Å². The maximum absolute atomic E-state index is 11.8. The monoisotopic (exact) mass is 505 g/mol. The van der Waals surface area contributed by atoms with Gasteiger partial charge >= 0.3 is 23.5 Å². The van der Waals surface area contributed by atoms with Gasteiger partial charge in [0.25, 0.3) is 0 Å². The van der Waals surface area contributed by atoms with Gasteiger partial charge in [0.05, 0.1) is 12.9 Å². The molecule has 18 nitrogen and oxygen atoms in total. The van der Waals surface area contributed by atoms with E-state index in [9.17, 15) is 28.8 Å². The molecule has 31 heavy (non-hydrogen) atoms. The van der Waals surface area contributed by atoms with Gasteiger partial charge in [-0.1, -0.05) is 0 Å². The van der Waals surface area contributed by atoms with E-state index in [0.717, 1.165) is 17.2 Å². The summed E-state index contributed by atoms with van der Waals surface area (Å²) in [5.41, 5.74) is 5.93. The molecular weight excluding hydrogens is 491 g/mol. The number of anilines is 1. The summed E-state index contributed by atoms with van der Waals surface area (Å²) in [6.45, 7) is -1.01. The lowest BCUT2D eigenvalue weighted by Gasteiger charge is -2.19. The van der Waals surface area contributed by atoms with Crippen molar-refractivity contribution in [2.45, 2.75) is 12.3 Å². The van der Waals surface area contributed by atoms with Crippen LogP contribution in [0.4, 0.5) is 5.82 Å². The number of aliphatic hydroxyl groups is 2. The fraction of sp³-hybridized carbons (Fsp3) is 0.300. The number of phosphoric acid groups is 3. The van der Waals surface area contributed by atoms with Crippen LogP contribution in [-0.2, 0) is 31.6 Å². The summed E-state index contributed by atoms with van der Waals surface area (Å²) < 4.78 is 51.7. The van der Waals surface area contributed by atoms with E-state index in [4.69, 9.17) is 25.2 Å². The average Bonchev–Trinajstić information content (AvgIpc) is 3.13. The average molecular weight is 505 g/mol. The number of nitrogens with zero attached hydrogens (tertiary/aromatic N) is 4. The van der Waals surface area contributed by atoms with Crippen molar-refractivity contribution in [2.24, 2.45) is 0 Å². The van der Waals surface area contributed by atoms with E-state index in [1.54, 1.807) is 0 Å². The minimum Gasteiger partial charge on any atom is -0.506 e. The van der Waals surface area contributed by atoms with E-state index in [1.807, 2.05) is 0 Å². The van der Waals surface area contributed by atoms with Crippen LogP contribution >= 0.6 is 23.5 Å². The normalized spacial score (nSPS) is 23.7. The highest BCUT2D eigenvalue weighted by atomic mass is 31.3. The van der Waals surface area contributed by atoms with Crippen LogP contribution in [-0.4, -0.2) is 62.0 Å². The minimum atomic E-state index is -5.71. The highest BCUT2D eigenvalue weighted by Gasteiger charge is 2.43. The quantitative estimate of drug-likeness (QED) is 0.232. The van der Waals surface area contributed by atoms with Crippen LogP contribution in [0.25, 0.3) is 11.2 Å². The van der Waals surface area contributed by atoms with E-state index in [1.165, 1.54) is 0 Å². The van der Waals surface area contributed by atoms with Gasteiger partial charge in [0, 0.05) is 0 Å². The fourth-order valence-corrected chi connectivity index (χ4v) is 5.42. The first-order valence-electron chi connectivity index (χ1n) is 7.68. The first-order valence-corrected chi connectivity index (χ1v) is 12.2. The lowest BCUT2D eigenvalue weighted by Crippen LogP contribution is -2.20. The summed E-state index contributed by atoms with van der Waals surface area (Å²) in [6.07, 6.45) is -0.715. The third kappa shape index (κ3) is 5.46. The van der Waals surface area contributed by atoms with Crippen molar-refractivity contribution in [2.75, 3.05) is 12.3 Å². The van der Waals surface area contributed by atoms with E-state index >= 15 is 0 Å². The zero-order valence-corrected chi connectivity index (χ0v) is 17.4. The van der Waals surface area contributed by atoms with Crippen LogP contribution in [0, 0.1) is 0 Å². The molecule has 4 atom stereocenters. The fourth-order valence-electron chi connectivity index (χ4n) is 2.40. The van der Waals surface area contributed by atoms with Crippen LogP contribution in [0.5, 0.6) is 0 Å². The molecule has 8 N–H and O–H groups in total. The number of nitrogens with two attached hydrogens (primary N) is 1. The molecule has 3 heterocycles. The summed E-state index contributed by atoms with van der Waals surface area (Å²) in [6, 6.07) is 0. The van der Waals surface area contributed by atoms with Gasteiger partial charge in [-0.3, -0.25) is 9.09 Å². The molecule has 0 fully saturated rings. The van der Waals surface area contributed by atoms with Gasteiger partial charge in [-0.15, -0.1) is 0 Å². The van der Waals surface area contributed by atoms with Crippen molar-refractivity contribution < 1.29 is 61.4 Å². The second-order valence-corrected chi connectivity index (χ2v) is 10.1. The molecule has 0 amide bonds. The van der Waals surface area contributed by atoms with Crippen LogP contribution in [0.2, 0.25) is 0 Å². The Morgan fingerprint density at radius 2 is 1.71 bits per heavy atom. The Bertz CT molecular complexity index is 1180. The van der Waals surface area contributed by atoms with Crippen LogP contribution in [0.15, 0.2) is 24.2 Å². The van der Waals surface area contributed by atoms with Gasteiger partial charge in [-0.2, -0.15) is 8.62 Å². The topological polar surface area (TPSA) is 279 Å². The van der Waals surface area contributed by atoms with Gasteiger partial charge in [0.1, 0.15) is 17.9 Å². The number of aliphatic hydroxyl groups excluding tert-OH is 2. The standard InChI is InChI=1S/C10H14N5O13P3/c11-8-5-9(13-2-12-8)15(3-14-5)10-7(17)6(16)4(26-10)1-25-30(21,22)28-31(23,24)27-29(18,19)20/h2-4,10,16-17H,1H2,(H,21,22)(H,23,24)(H2,11,12,13)(H2,18,19,20)/t4-,10-/m1/s1. The number of imidazole rings is 1. The molecule has 172 valence electrons. The first-order chi connectivity index (χ1) is 14.2. The number of nitrogen functional groups attached to an aromatic ring is 1. The predicted octanol–water partition coefficient (Wildman–Crippen LogP) is -0.0232. The van der Waals surface area contributed by atoms with Gasteiger partial charge < -0.3 is 40.3 Å². The van der Waals surface area contributed by atoms with Crippen molar-refractivity contribution in [3.05, 3.63) is 24.2 Å². The molecule has 2 aromatic rings. The number of fused-ring (bicyclic) bond motifs is 1. The molecule has 0 aliphatic carbocycles. The first kappa shape index (κ1) is 23.7. The maximum atomic E-state index is 11.8. The number of ether oxygens (including phenoxy) is 1. The Balaban J connectivity index is 1.71. The van der Waals surface area contributed by atoms with Crippen molar-refractivity contribution in [1.29, 1.82) is 0 Å². The van der Waals surface area contributed by atoms with Crippen molar-refractivity contribution >= 4 is 40.4 Å². The Kier molecular flexibility index (Phi) is 6.27. The highest BCUT2D eigenvalue weighted by molar-refractivity contribution is 7.66. The third-order valence-electron chi connectivity index (χ3n) is 3.54. The number of phosphoric ester groups is 1. The molecular formula is C10H14N5O13P3. The zero-order chi connectivity index (χ0) is 23.2. The van der Waals surface area contributed by atoms with Gasteiger partial charge in [-0.25, -0.2) is 28.6 Å². The number of hydrogen-bond acceptors (Lipinski definition) is 13. The van der Waals surface area contributed by atoms with Crippen LogP contribution in [0.3, 0.4) is 0 Å². The van der Waals surface area contributed by atoms with Gasteiger partial charge in [0.15, 0.2) is 29.2 Å². The molecule has 0 saturated heterocycles. The Hall–Kier alpha value is -1.94. The largest absolute Gasteiger partial charge is 0.506 e. The predicted molar refractivity (Wildman–Crippen MR) is 95.7 cm³/mol. The number of hydrogen-bond donors (Lipinski definition) is 7. The van der Waals surface area contributed by atoms with E-state index < -0.39 is 53.9 Å². The molecule has 0 spiro atoms. The Morgan fingerprint density at radius 1 is 1.03 bits per heavy atom. The van der Waals surface area contributed by atoms with Gasteiger partial charge in [-0.05, 0) is 0 Å². The molecule has 1 aliphatic rings. The molecule has 3 rings (SSSR count). The molecule has 2 aromatic heterocycles. The van der Waals surface area contributed by atoms with Gasteiger partial charge in [0.2, 0.25) is 0 Å². The molecule has 1 aliphatic heterocycles. The lowest BCUT2D eigenvalue weighted by atomic mass is 10.3. The molecule has 21 heteroatoms. The van der Waals surface area contributed by atoms with E-state index in [-0.39, 0.29) is 17.0 Å². The molecule has 0 aromatic carbocycles. The molecule has 0 radical (unpaired) electrons. The smallest absolute Gasteiger partial charge is 0.490 e. The summed E-state index contributed by atoms with van der Waals surface area (Å²) in [5, 5.41) is 20.2. The Morgan fingerprint density at radius 3 is 2.35 bits per heavy atom. The van der Waals surface area contributed by atoms with Crippen LogP contribution < -0.4 is 5.73 Å². The Labute approximate surface area is 171 Å². The summed E-state index contributed by atoms with van der Waals surface area (Å²) in [5.74, 6) is -1.54. The second kappa shape index (κ2) is 8.20. The SMILES string of the molecule is Nc1ncnc2c1ncn2[C@@H]1O[C@H](COP(=O)(O)OP(=O)(O)OP(=O)(O)O)C(O)=C1O.